The number of urea groups is 1. The molecule has 2 rings (SSSR count). The van der Waals surface area contributed by atoms with Gasteiger partial charge in [-0.2, -0.15) is 0 Å². The van der Waals surface area contributed by atoms with Gasteiger partial charge in [-0.25, -0.2) is 9.78 Å². The fourth-order valence-electron chi connectivity index (χ4n) is 1.38. The van der Waals surface area contributed by atoms with Crippen molar-refractivity contribution in [3.8, 4) is 11.3 Å². The van der Waals surface area contributed by atoms with Crippen LogP contribution < -0.4 is 10.6 Å². The van der Waals surface area contributed by atoms with Crippen molar-refractivity contribution in [2.24, 2.45) is 0 Å². The van der Waals surface area contributed by atoms with Crippen LogP contribution in [0.3, 0.4) is 0 Å². The molecule has 0 aliphatic heterocycles. The maximum Gasteiger partial charge on any atom is 0.321 e. The summed E-state index contributed by atoms with van der Waals surface area (Å²) >= 11 is 14.6. The van der Waals surface area contributed by atoms with E-state index in [0.717, 1.165) is 5.56 Å². The highest BCUT2D eigenvalue weighted by Crippen LogP contribution is 2.38. The van der Waals surface area contributed by atoms with Crippen LogP contribution in [0.4, 0.5) is 9.93 Å². The maximum atomic E-state index is 11.5. The molecule has 9 heteroatoms. The number of methoxy groups -OCH3 is 1. The summed E-state index contributed by atoms with van der Waals surface area (Å²) in [5.74, 6) is 0. The Labute approximate surface area is 133 Å². The van der Waals surface area contributed by atoms with E-state index in [2.05, 4.69) is 15.6 Å². The monoisotopic (exact) mass is 351 g/mol. The number of halogens is 2. The van der Waals surface area contributed by atoms with Gasteiger partial charge in [-0.3, -0.25) is 5.32 Å². The molecule has 0 atom stereocenters. The highest BCUT2D eigenvalue weighted by Gasteiger charge is 2.13. The summed E-state index contributed by atoms with van der Waals surface area (Å²) in [5, 5.41) is 7.60. The highest BCUT2D eigenvalue weighted by atomic mass is 35.5. The first-order valence-corrected chi connectivity index (χ1v) is 8.00. The fraction of sp³-hybridized carbons (Fsp3) is 0.273. The van der Waals surface area contributed by atoms with E-state index in [4.69, 9.17) is 27.9 Å². The van der Waals surface area contributed by atoms with Crippen molar-refractivity contribution in [2.75, 3.05) is 25.6 Å². The molecule has 0 saturated carbocycles. The van der Waals surface area contributed by atoms with Crippen LogP contribution in [-0.2, 0) is 4.74 Å². The first kappa shape index (κ1) is 15.5. The number of hydrogen-bond donors (Lipinski definition) is 2. The third kappa shape index (κ3) is 4.07. The third-order valence-corrected chi connectivity index (χ3v) is 4.49. The van der Waals surface area contributed by atoms with Gasteiger partial charge in [0.2, 0.25) is 0 Å². The molecule has 2 amide bonds. The van der Waals surface area contributed by atoms with E-state index >= 15 is 0 Å². The molecule has 0 bridgehead atoms. The normalized spacial score (nSPS) is 10.6. The SMILES string of the molecule is COCCNC(=O)Nc1nc(-c2cc(Cl)sc2Cl)cs1. The first-order chi connectivity index (χ1) is 9.60. The number of hydrogen-bond acceptors (Lipinski definition) is 5. The Morgan fingerprint density at radius 2 is 2.30 bits per heavy atom. The number of thiazole rings is 1. The van der Waals surface area contributed by atoms with Crippen molar-refractivity contribution in [3.05, 3.63) is 20.1 Å². The Kier molecular flexibility index (Phi) is 5.62. The highest BCUT2D eigenvalue weighted by molar-refractivity contribution is 7.20. The van der Waals surface area contributed by atoms with Crippen molar-refractivity contribution in [3.63, 3.8) is 0 Å². The lowest BCUT2D eigenvalue weighted by atomic mass is 10.3. The minimum Gasteiger partial charge on any atom is -0.383 e. The number of carbonyl (C=O) groups excluding carboxylic acids is 1. The van der Waals surface area contributed by atoms with Gasteiger partial charge in [0.05, 0.1) is 16.6 Å². The van der Waals surface area contributed by atoms with Crippen molar-refractivity contribution in [1.82, 2.24) is 10.3 Å². The first-order valence-electron chi connectivity index (χ1n) is 5.54. The summed E-state index contributed by atoms with van der Waals surface area (Å²) < 4.78 is 6.02. The molecule has 2 aromatic heterocycles. The Hall–Kier alpha value is -0.860. The molecule has 108 valence electrons. The number of thiophene rings is 1. The lowest BCUT2D eigenvalue weighted by Gasteiger charge is -2.03. The molecule has 0 saturated heterocycles. The molecule has 0 spiro atoms. The average Bonchev–Trinajstić information content (AvgIpc) is 2.96. The molecule has 0 aliphatic rings. The predicted molar refractivity (Wildman–Crippen MR) is 84.3 cm³/mol. The zero-order valence-electron chi connectivity index (χ0n) is 10.4. The molecule has 20 heavy (non-hydrogen) atoms. The third-order valence-electron chi connectivity index (χ3n) is 2.25. The average molecular weight is 352 g/mol. The molecule has 0 radical (unpaired) electrons. The van der Waals surface area contributed by atoms with E-state index in [1.807, 2.05) is 5.38 Å². The number of anilines is 1. The van der Waals surface area contributed by atoms with E-state index in [0.29, 0.717) is 32.6 Å². The van der Waals surface area contributed by atoms with E-state index < -0.39 is 0 Å². The van der Waals surface area contributed by atoms with Crippen molar-refractivity contribution in [2.45, 2.75) is 0 Å². The standard InChI is InChI=1S/C11H11Cl2N3O2S2/c1-18-3-2-14-10(17)16-11-15-7(5-19-11)6-4-8(12)20-9(6)13/h4-5H,2-3H2,1H3,(H2,14,15,16,17). The minimum absolute atomic E-state index is 0.322. The predicted octanol–water partition coefficient (Wildman–Crippen LogP) is 3.95. The Balaban J connectivity index is 1.99. The number of rotatable bonds is 5. The number of nitrogens with one attached hydrogen (secondary N) is 2. The van der Waals surface area contributed by atoms with Gasteiger partial charge in [-0.05, 0) is 6.07 Å². The Morgan fingerprint density at radius 1 is 1.50 bits per heavy atom. The molecule has 0 aromatic carbocycles. The minimum atomic E-state index is -0.322. The van der Waals surface area contributed by atoms with Crippen LogP contribution in [-0.4, -0.2) is 31.3 Å². The van der Waals surface area contributed by atoms with Gasteiger partial charge in [0.15, 0.2) is 5.13 Å². The van der Waals surface area contributed by atoms with Gasteiger partial charge in [-0.1, -0.05) is 23.2 Å². The molecule has 5 nitrogen and oxygen atoms in total. The topological polar surface area (TPSA) is 63.2 Å². The van der Waals surface area contributed by atoms with Gasteiger partial charge < -0.3 is 10.1 Å². The second-order valence-corrected chi connectivity index (χ2v) is 6.79. The second kappa shape index (κ2) is 7.24. The summed E-state index contributed by atoms with van der Waals surface area (Å²) in [6, 6.07) is 1.43. The summed E-state index contributed by atoms with van der Waals surface area (Å²) in [4.78, 5) is 15.8. The number of carbonyl (C=O) groups is 1. The molecule has 0 unspecified atom stereocenters. The van der Waals surface area contributed by atoms with Gasteiger partial charge in [0.1, 0.15) is 4.34 Å². The summed E-state index contributed by atoms with van der Waals surface area (Å²) in [5.41, 5.74) is 1.46. The fourth-order valence-corrected chi connectivity index (χ4v) is 3.56. The van der Waals surface area contributed by atoms with Crippen LogP contribution in [0.5, 0.6) is 0 Å². The zero-order chi connectivity index (χ0) is 14.5. The maximum absolute atomic E-state index is 11.5. The van der Waals surface area contributed by atoms with Crippen molar-refractivity contribution in [1.29, 1.82) is 0 Å². The summed E-state index contributed by atoms with van der Waals surface area (Å²) in [7, 11) is 1.57. The molecule has 2 heterocycles. The van der Waals surface area contributed by atoms with Crippen LogP contribution in [0.25, 0.3) is 11.3 Å². The van der Waals surface area contributed by atoms with Gasteiger partial charge in [0.25, 0.3) is 0 Å². The molecule has 2 aromatic rings. The summed E-state index contributed by atoms with van der Waals surface area (Å²) in [6.45, 7) is 0.895. The van der Waals surface area contributed by atoms with Crippen LogP contribution in [0, 0.1) is 0 Å². The Morgan fingerprint density at radius 3 is 2.95 bits per heavy atom. The molecular formula is C11H11Cl2N3O2S2. The zero-order valence-corrected chi connectivity index (χ0v) is 13.5. The lowest BCUT2D eigenvalue weighted by Crippen LogP contribution is -2.31. The second-order valence-electron chi connectivity index (χ2n) is 3.65. The smallest absolute Gasteiger partial charge is 0.321 e. The number of amides is 2. The number of aromatic nitrogens is 1. The van der Waals surface area contributed by atoms with Gasteiger partial charge in [0, 0.05) is 24.6 Å². The van der Waals surface area contributed by atoms with Gasteiger partial charge in [-0.15, -0.1) is 22.7 Å². The van der Waals surface area contributed by atoms with Crippen LogP contribution in [0.15, 0.2) is 11.4 Å². The summed E-state index contributed by atoms with van der Waals surface area (Å²) in [6.07, 6.45) is 0. The van der Waals surface area contributed by atoms with Gasteiger partial charge >= 0.3 is 6.03 Å². The number of nitrogens with zero attached hydrogens (tertiary/aromatic N) is 1. The van der Waals surface area contributed by atoms with Crippen molar-refractivity contribution >= 4 is 57.0 Å². The largest absolute Gasteiger partial charge is 0.383 e. The lowest BCUT2D eigenvalue weighted by molar-refractivity contribution is 0.198. The molecule has 0 fully saturated rings. The molecular weight excluding hydrogens is 341 g/mol. The van der Waals surface area contributed by atoms with Crippen molar-refractivity contribution < 1.29 is 9.53 Å². The quantitative estimate of drug-likeness (QED) is 0.801. The molecule has 2 N–H and O–H groups in total. The van der Waals surface area contributed by atoms with E-state index in [9.17, 15) is 4.79 Å². The number of ether oxygens (including phenoxy) is 1. The molecule has 0 aliphatic carbocycles. The van der Waals surface area contributed by atoms with E-state index in [1.54, 1.807) is 13.2 Å². The van der Waals surface area contributed by atoms with E-state index in [-0.39, 0.29) is 6.03 Å². The van der Waals surface area contributed by atoms with Crippen LogP contribution in [0.1, 0.15) is 0 Å². The Bertz CT molecular complexity index is 600. The van der Waals surface area contributed by atoms with E-state index in [1.165, 1.54) is 22.7 Å². The van der Waals surface area contributed by atoms with Crippen LogP contribution >= 0.6 is 45.9 Å². The van der Waals surface area contributed by atoms with Crippen LogP contribution in [0.2, 0.25) is 8.67 Å².